The van der Waals surface area contributed by atoms with E-state index in [4.69, 9.17) is 4.74 Å². The topological polar surface area (TPSA) is 26.3 Å². The zero-order valence-corrected chi connectivity index (χ0v) is 10.2. The number of carbonyl (C=O) groups is 1. The van der Waals surface area contributed by atoms with Gasteiger partial charge in [-0.05, 0) is 17.7 Å². The van der Waals surface area contributed by atoms with Gasteiger partial charge in [0.25, 0.3) is 0 Å². The third kappa shape index (κ3) is 4.26. The molecule has 0 fully saturated rings. The first-order valence-corrected chi connectivity index (χ1v) is 5.62. The molecule has 0 heterocycles. The molecule has 92 valence electrons. The van der Waals surface area contributed by atoms with Crippen molar-refractivity contribution in [2.24, 2.45) is 0 Å². The van der Waals surface area contributed by atoms with Crippen LogP contribution in [0.25, 0.3) is 0 Å². The Morgan fingerprint density at radius 1 is 0.889 bits per heavy atom. The highest BCUT2D eigenvalue weighted by atomic mass is 16.5. The molecule has 0 N–H and O–H groups in total. The van der Waals surface area contributed by atoms with E-state index in [0.29, 0.717) is 12.2 Å². The Hall–Kier alpha value is -2.35. The van der Waals surface area contributed by atoms with E-state index in [0.717, 1.165) is 5.56 Å². The molecular formula is C16H16O2. The largest absolute Gasteiger partial charge is 0.457 e. The molecule has 0 aromatic heterocycles. The summed E-state index contributed by atoms with van der Waals surface area (Å²) in [5.74, 6) is -0.288. The number of hydrogen-bond donors (Lipinski definition) is 0. The highest BCUT2D eigenvalue weighted by Crippen LogP contribution is 2.05. The molecule has 0 saturated heterocycles. The van der Waals surface area contributed by atoms with Gasteiger partial charge in [-0.2, -0.15) is 0 Å². The number of hydrogen-bond acceptors (Lipinski definition) is 2. The fourth-order valence-corrected chi connectivity index (χ4v) is 1.38. The molecule has 0 bridgehead atoms. The molecule has 2 heteroatoms. The Labute approximate surface area is 108 Å². The van der Waals surface area contributed by atoms with Crippen LogP contribution >= 0.6 is 0 Å². The predicted molar refractivity (Wildman–Crippen MR) is 73.3 cm³/mol. The van der Waals surface area contributed by atoms with Crippen LogP contribution in [0.2, 0.25) is 0 Å². The van der Waals surface area contributed by atoms with Gasteiger partial charge in [0.2, 0.25) is 0 Å². The zero-order chi connectivity index (χ0) is 13.2. The van der Waals surface area contributed by atoms with E-state index in [1.54, 1.807) is 12.1 Å². The minimum atomic E-state index is -0.288. The third-order valence-corrected chi connectivity index (χ3v) is 2.22. The molecule has 0 unspecified atom stereocenters. The standard InChI is InChI=1S/C14H12O2.C2H4/c15-14(13-9-5-2-6-10-13)16-11-12-7-3-1-4-8-12;1-2/h1-10H,11H2;1-2H2. The van der Waals surface area contributed by atoms with Crippen molar-refractivity contribution in [1.82, 2.24) is 0 Å². The molecule has 0 saturated carbocycles. The van der Waals surface area contributed by atoms with E-state index < -0.39 is 0 Å². The van der Waals surface area contributed by atoms with E-state index in [1.165, 1.54) is 0 Å². The van der Waals surface area contributed by atoms with Crippen LogP contribution in [0, 0.1) is 0 Å². The van der Waals surface area contributed by atoms with Crippen molar-refractivity contribution in [3.05, 3.63) is 84.9 Å². The Bertz CT molecular complexity index is 463. The number of ether oxygens (including phenoxy) is 1. The van der Waals surface area contributed by atoms with Crippen LogP contribution in [0.3, 0.4) is 0 Å². The van der Waals surface area contributed by atoms with Gasteiger partial charge in [-0.25, -0.2) is 4.79 Å². The molecule has 2 aromatic carbocycles. The summed E-state index contributed by atoms with van der Waals surface area (Å²) in [7, 11) is 0. The van der Waals surface area contributed by atoms with E-state index in [9.17, 15) is 4.79 Å². The van der Waals surface area contributed by atoms with Crippen LogP contribution < -0.4 is 0 Å². The smallest absolute Gasteiger partial charge is 0.338 e. The van der Waals surface area contributed by atoms with Crippen molar-refractivity contribution in [3.8, 4) is 0 Å². The Kier molecular flexibility index (Phi) is 5.98. The molecule has 0 aliphatic heterocycles. The van der Waals surface area contributed by atoms with Crippen molar-refractivity contribution in [1.29, 1.82) is 0 Å². The molecule has 0 spiro atoms. The molecule has 2 aromatic rings. The van der Waals surface area contributed by atoms with Gasteiger partial charge < -0.3 is 4.74 Å². The summed E-state index contributed by atoms with van der Waals surface area (Å²) in [6, 6.07) is 18.6. The Morgan fingerprint density at radius 2 is 1.39 bits per heavy atom. The fourth-order valence-electron chi connectivity index (χ4n) is 1.38. The highest BCUT2D eigenvalue weighted by Gasteiger charge is 2.05. The lowest BCUT2D eigenvalue weighted by atomic mass is 10.2. The summed E-state index contributed by atoms with van der Waals surface area (Å²) in [6.07, 6.45) is 0. The maximum Gasteiger partial charge on any atom is 0.338 e. The summed E-state index contributed by atoms with van der Waals surface area (Å²) in [6.45, 7) is 6.31. The summed E-state index contributed by atoms with van der Waals surface area (Å²) in [5, 5.41) is 0. The lowest BCUT2D eigenvalue weighted by Crippen LogP contribution is -2.04. The van der Waals surface area contributed by atoms with Crippen molar-refractivity contribution >= 4 is 5.97 Å². The Balaban J connectivity index is 0.000000771. The van der Waals surface area contributed by atoms with Crippen LogP contribution in [0.1, 0.15) is 15.9 Å². The lowest BCUT2D eigenvalue weighted by molar-refractivity contribution is 0.0472. The monoisotopic (exact) mass is 240 g/mol. The number of esters is 1. The summed E-state index contributed by atoms with van der Waals surface area (Å²) in [5.41, 5.74) is 1.57. The second-order valence-electron chi connectivity index (χ2n) is 3.43. The van der Waals surface area contributed by atoms with E-state index >= 15 is 0 Å². The predicted octanol–water partition coefficient (Wildman–Crippen LogP) is 3.85. The van der Waals surface area contributed by atoms with Crippen LogP contribution in [-0.2, 0) is 11.3 Å². The maximum absolute atomic E-state index is 11.6. The molecule has 18 heavy (non-hydrogen) atoms. The van der Waals surface area contributed by atoms with Crippen LogP contribution in [0.4, 0.5) is 0 Å². The molecular weight excluding hydrogens is 224 g/mol. The number of rotatable bonds is 3. The van der Waals surface area contributed by atoms with Crippen LogP contribution in [-0.4, -0.2) is 5.97 Å². The minimum Gasteiger partial charge on any atom is -0.457 e. The van der Waals surface area contributed by atoms with Crippen LogP contribution in [0.5, 0.6) is 0 Å². The molecule has 0 aliphatic rings. The minimum absolute atomic E-state index is 0.288. The second-order valence-corrected chi connectivity index (χ2v) is 3.43. The normalized spacial score (nSPS) is 8.89. The van der Waals surface area contributed by atoms with Crippen LogP contribution in [0.15, 0.2) is 73.8 Å². The van der Waals surface area contributed by atoms with Crippen molar-refractivity contribution in [3.63, 3.8) is 0 Å². The van der Waals surface area contributed by atoms with Crippen molar-refractivity contribution in [2.75, 3.05) is 0 Å². The van der Waals surface area contributed by atoms with Gasteiger partial charge >= 0.3 is 5.97 Å². The number of carbonyl (C=O) groups excluding carboxylic acids is 1. The lowest BCUT2D eigenvalue weighted by Gasteiger charge is -2.04. The quantitative estimate of drug-likeness (QED) is 0.601. The first-order valence-electron chi connectivity index (χ1n) is 5.62. The van der Waals surface area contributed by atoms with Crippen molar-refractivity contribution in [2.45, 2.75) is 6.61 Å². The van der Waals surface area contributed by atoms with Gasteiger partial charge in [0.05, 0.1) is 5.56 Å². The molecule has 0 atom stereocenters. The van der Waals surface area contributed by atoms with Gasteiger partial charge in [-0.1, -0.05) is 48.5 Å². The molecule has 2 nitrogen and oxygen atoms in total. The van der Waals surface area contributed by atoms with E-state index in [1.807, 2.05) is 48.5 Å². The highest BCUT2D eigenvalue weighted by molar-refractivity contribution is 5.89. The third-order valence-electron chi connectivity index (χ3n) is 2.22. The van der Waals surface area contributed by atoms with Crippen molar-refractivity contribution < 1.29 is 9.53 Å². The maximum atomic E-state index is 11.6. The molecule has 0 radical (unpaired) electrons. The average molecular weight is 240 g/mol. The molecule has 0 aliphatic carbocycles. The SMILES string of the molecule is C=C.O=C(OCc1ccccc1)c1ccccc1. The summed E-state index contributed by atoms with van der Waals surface area (Å²) >= 11 is 0. The summed E-state index contributed by atoms with van der Waals surface area (Å²) in [4.78, 5) is 11.6. The fraction of sp³-hybridized carbons (Fsp3) is 0.0625. The first kappa shape index (κ1) is 13.7. The van der Waals surface area contributed by atoms with Gasteiger partial charge in [-0.15, -0.1) is 13.2 Å². The van der Waals surface area contributed by atoms with Gasteiger partial charge in [0, 0.05) is 0 Å². The van der Waals surface area contributed by atoms with E-state index in [2.05, 4.69) is 13.2 Å². The molecule has 0 amide bonds. The average Bonchev–Trinajstić information content (AvgIpc) is 2.49. The second kappa shape index (κ2) is 7.85. The van der Waals surface area contributed by atoms with Gasteiger partial charge in [0.1, 0.15) is 6.61 Å². The van der Waals surface area contributed by atoms with Gasteiger partial charge in [-0.3, -0.25) is 0 Å². The van der Waals surface area contributed by atoms with E-state index in [-0.39, 0.29) is 5.97 Å². The zero-order valence-electron chi connectivity index (χ0n) is 10.2. The van der Waals surface area contributed by atoms with Gasteiger partial charge in [0.15, 0.2) is 0 Å². The number of benzene rings is 2. The summed E-state index contributed by atoms with van der Waals surface area (Å²) < 4.78 is 5.18. The first-order chi connectivity index (χ1) is 8.86. The molecule has 2 rings (SSSR count). The Morgan fingerprint density at radius 3 is 1.94 bits per heavy atom.